The highest BCUT2D eigenvalue weighted by atomic mass is 32.2. The van der Waals surface area contributed by atoms with Gasteiger partial charge in [0.25, 0.3) is 0 Å². The Bertz CT molecular complexity index is 1060. The van der Waals surface area contributed by atoms with E-state index in [-0.39, 0.29) is 10.8 Å². The van der Waals surface area contributed by atoms with Gasteiger partial charge in [-0.25, -0.2) is 8.42 Å². The van der Waals surface area contributed by atoms with Crippen LogP contribution < -0.4 is 4.90 Å². The van der Waals surface area contributed by atoms with Crippen LogP contribution in [0, 0.1) is 20.8 Å². The van der Waals surface area contributed by atoms with Crippen LogP contribution in [0.25, 0.3) is 0 Å². The third-order valence-electron chi connectivity index (χ3n) is 6.62. The molecule has 2 fully saturated rings. The van der Waals surface area contributed by atoms with Gasteiger partial charge in [0.05, 0.1) is 4.90 Å². The van der Waals surface area contributed by atoms with Gasteiger partial charge in [0, 0.05) is 38.4 Å². The first-order chi connectivity index (χ1) is 14.8. The lowest BCUT2D eigenvalue weighted by atomic mass is 10.1. The highest BCUT2D eigenvalue weighted by Crippen LogP contribution is 2.29. The molecule has 0 radical (unpaired) electrons. The van der Waals surface area contributed by atoms with Gasteiger partial charge in [0.15, 0.2) is 0 Å². The van der Waals surface area contributed by atoms with Gasteiger partial charge in [0.1, 0.15) is 6.04 Å². The van der Waals surface area contributed by atoms with Crippen LogP contribution in [-0.2, 0) is 14.8 Å². The summed E-state index contributed by atoms with van der Waals surface area (Å²) in [5.41, 5.74) is 4.76. The number of hydrogen-bond donors (Lipinski definition) is 0. The summed E-state index contributed by atoms with van der Waals surface area (Å²) in [5, 5.41) is 0. The van der Waals surface area contributed by atoms with Gasteiger partial charge >= 0.3 is 0 Å². The lowest BCUT2D eigenvalue weighted by molar-refractivity contribution is -0.134. The molecule has 1 amide bonds. The molecule has 1 atom stereocenters. The van der Waals surface area contributed by atoms with Crippen molar-refractivity contribution in [2.75, 3.05) is 37.6 Å². The molecule has 2 saturated heterocycles. The van der Waals surface area contributed by atoms with Crippen LogP contribution >= 0.6 is 0 Å². The van der Waals surface area contributed by atoms with Crippen molar-refractivity contribution < 1.29 is 13.2 Å². The molecule has 0 spiro atoms. The van der Waals surface area contributed by atoms with Crippen molar-refractivity contribution >= 4 is 21.6 Å². The summed E-state index contributed by atoms with van der Waals surface area (Å²) < 4.78 is 27.8. The zero-order valence-electron chi connectivity index (χ0n) is 18.5. The Balaban J connectivity index is 1.46. The number of sulfonamides is 1. The van der Waals surface area contributed by atoms with Crippen LogP contribution in [0.5, 0.6) is 0 Å². The first-order valence-corrected chi connectivity index (χ1v) is 12.4. The molecular formula is C24H31N3O3S. The van der Waals surface area contributed by atoms with Crippen LogP contribution in [0.3, 0.4) is 0 Å². The Labute approximate surface area is 185 Å². The molecule has 0 bridgehead atoms. The van der Waals surface area contributed by atoms with Crippen molar-refractivity contribution in [2.45, 2.75) is 44.6 Å². The third kappa shape index (κ3) is 4.21. The highest BCUT2D eigenvalue weighted by Gasteiger charge is 2.41. The average molecular weight is 442 g/mol. The van der Waals surface area contributed by atoms with Crippen LogP contribution in [0.2, 0.25) is 0 Å². The average Bonchev–Trinajstić information content (AvgIpc) is 3.27. The zero-order chi connectivity index (χ0) is 22.2. The Kier molecular flexibility index (Phi) is 6.08. The summed E-state index contributed by atoms with van der Waals surface area (Å²) in [5.74, 6) is -0.0613. The van der Waals surface area contributed by atoms with Crippen LogP contribution in [-0.4, -0.2) is 62.3 Å². The topological polar surface area (TPSA) is 60.9 Å². The largest absolute Gasteiger partial charge is 0.368 e. The fourth-order valence-corrected chi connectivity index (χ4v) is 6.23. The highest BCUT2D eigenvalue weighted by molar-refractivity contribution is 7.89. The van der Waals surface area contributed by atoms with Crippen molar-refractivity contribution in [3.63, 3.8) is 0 Å². The minimum absolute atomic E-state index is 0.0613. The van der Waals surface area contributed by atoms with E-state index in [4.69, 9.17) is 0 Å². The zero-order valence-corrected chi connectivity index (χ0v) is 19.4. The number of piperazine rings is 1. The monoisotopic (exact) mass is 441 g/mol. The van der Waals surface area contributed by atoms with Gasteiger partial charge in [-0.15, -0.1) is 0 Å². The lowest BCUT2D eigenvalue weighted by Gasteiger charge is -2.38. The number of carbonyl (C=O) groups is 1. The fourth-order valence-electron chi connectivity index (χ4n) is 4.58. The standard InChI is InChI=1S/C24H31N3O3S/c1-18-9-11-21(12-10-18)31(29,30)27-13-5-8-23(27)24(28)26-16-14-25(15-17-26)22-7-4-6-19(2)20(22)3/h4,6-7,9-12,23H,5,8,13-17H2,1-3H3/t23-/m1/s1. The molecule has 2 heterocycles. The van der Waals surface area contributed by atoms with E-state index in [9.17, 15) is 13.2 Å². The summed E-state index contributed by atoms with van der Waals surface area (Å²) in [7, 11) is -3.68. The lowest BCUT2D eigenvalue weighted by Crippen LogP contribution is -2.54. The van der Waals surface area contributed by atoms with E-state index < -0.39 is 16.1 Å². The maximum Gasteiger partial charge on any atom is 0.243 e. The molecule has 4 rings (SSSR count). The van der Waals surface area contributed by atoms with Gasteiger partial charge in [-0.1, -0.05) is 29.8 Å². The molecule has 2 aromatic carbocycles. The molecule has 6 nitrogen and oxygen atoms in total. The molecule has 31 heavy (non-hydrogen) atoms. The SMILES string of the molecule is Cc1ccc(S(=O)(=O)N2CCC[C@@H]2C(=O)N2CCN(c3cccc(C)c3C)CC2)cc1. The van der Waals surface area contributed by atoms with E-state index in [1.807, 2.05) is 11.8 Å². The molecule has 0 aromatic heterocycles. The van der Waals surface area contributed by atoms with E-state index in [0.29, 0.717) is 32.5 Å². The van der Waals surface area contributed by atoms with Crippen LogP contribution in [0.1, 0.15) is 29.5 Å². The molecule has 2 aromatic rings. The molecule has 0 saturated carbocycles. The Morgan fingerprint density at radius 1 is 0.903 bits per heavy atom. The van der Waals surface area contributed by atoms with E-state index in [0.717, 1.165) is 18.7 Å². The third-order valence-corrected chi connectivity index (χ3v) is 8.55. The van der Waals surface area contributed by atoms with E-state index in [1.54, 1.807) is 24.3 Å². The minimum atomic E-state index is -3.68. The number of aryl methyl sites for hydroxylation is 2. The second kappa shape index (κ2) is 8.63. The number of hydrogen-bond acceptors (Lipinski definition) is 4. The molecule has 0 aliphatic carbocycles. The van der Waals surface area contributed by atoms with Crippen molar-refractivity contribution in [3.8, 4) is 0 Å². The molecule has 0 unspecified atom stereocenters. The second-order valence-electron chi connectivity index (χ2n) is 8.62. The predicted octanol–water partition coefficient (Wildman–Crippen LogP) is 3.11. The van der Waals surface area contributed by atoms with Gasteiger partial charge in [-0.3, -0.25) is 4.79 Å². The molecule has 7 heteroatoms. The maximum absolute atomic E-state index is 13.3. The Hall–Kier alpha value is -2.38. The number of rotatable bonds is 4. The minimum Gasteiger partial charge on any atom is -0.368 e. The molecular weight excluding hydrogens is 410 g/mol. The van der Waals surface area contributed by atoms with Gasteiger partial charge in [-0.05, 0) is 62.9 Å². The van der Waals surface area contributed by atoms with E-state index in [2.05, 4.69) is 36.9 Å². The number of anilines is 1. The Morgan fingerprint density at radius 2 is 1.58 bits per heavy atom. The molecule has 166 valence electrons. The molecule has 2 aliphatic rings. The van der Waals surface area contributed by atoms with Crippen molar-refractivity contribution in [3.05, 3.63) is 59.2 Å². The molecule has 2 aliphatic heterocycles. The fraction of sp³-hybridized carbons (Fsp3) is 0.458. The quantitative estimate of drug-likeness (QED) is 0.732. The molecule has 0 N–H and O–H groups in total. The van der Waals surface area contributed by atoms with E-state index in [1.165, 1.54) is 21.1 Å². The van der Waals surface area contributed by atoms with Crippen molar-refractivity contribution in [1.29, 1.82) is 0 Å². The van der Waals surface area contributed by atoms with E-state index >= 15 is 0 Å². The van der Waals surface area contributed by atoms with Crippen LogP contribution in [0.4, 0.5) is 5.69 Å². The summed E-state index contributed by atoms with van der Waals surface area (Å²) in [6.45, 7) is 9.31. The number of amides is 1. The predicted molar refractivity (Wildman–Crippen MR) is 123 cm³/mol. The summed E-state index contributed by atoms with van der Waals surface area (Å²) in [6, 6.07) is 12.6. The maximum atomic E-state index is 13.3. The summed E-state index contributed by atoms with van der Waals surface area (Å²) in [4.78, 5) is 17.7. The summed E-state index contributed by atoms with van der Waals surface area (Å²) in [6.07, 6.45) is 1.30. The Morgan fingerprint density at radius 3 is 2.26 bits per heavy atom. The van der Waals surface area contributed by atoms with Crippen LogP contribution in [0.15, 0.2) is 47.4 Å². The number of nitrogens with zero attached hydrogens (tertiary/aromatic N) is 3. The normalized spacial score (nSPS) is 20.3. The first-order valence-electron chi connectivity index (χ1n) is 11.0. The number of carbonyl (C=O) groups excluding carboxylic acids is 1. The van der Waals surface area contributed by atoms with Gasteiger partial charge in [0.2, 0.25) is 15.9 Å². The first kappa shape index (κ1) is 21.8. The summed E-state index contributed by atoms with van der Waals surface area (Å²) >= 11 is 0. The van der Waals surface area contributed by atoms with Gasteiger partial charge < -0.3 is 9.80 Å². The van der Waals surface area contributed by atoms with Gasteiger partial charge in [-0.2, -0.15) is 4.31 Å². The van der Waals surface area contributed by atoms with Crippen molar-refractivity contribution in [1.82, 2.24) is 9.21 Å². The smallest absolute Gasteiger partial charge is 0.243 e. The van der Waals surface area contributed by atoms with Crippen molar-refractivity contribution in [2.24, 2.45) is 0 Å². The second-order valence-corrected chi connectivity index (χ2v) is 10.5. The number of benzene rings is 2.